The molecule has 0 aliphatic heterocycles. The lowest BCUT2D eigenvalue weighted by Gasteiger charge is -2.20. The van der Waals surface area contributed by atoms with Crippen LogP contribution in [0.1, 0.15) is 0 Å². The first-order chi connectivity index (χ1) is 8.65. The normalized spacial score (nSPS) is 11.2. The average molecular weight is 296 g/mol. The molecule has 1 rings (SSSR count). The third kappa shape index (κ3) is 7.15. The van der Waals surface area contributed by atoms with Crippen molar-refractivity contribution in [2.75, 3.05) is 42.3 Å². The zero-order chi connectivity index (χ0) is 15.2. The Bertz CT molecular complexity index is 323. The number of aromatic nitrogens is 3. The largest absolute Gasteiger partial charge is 0.844 e. The Balaban J connectivity index is 0.000000342. The van der Waals surface area contributed by atoms with Crippen molar-refractivity contribution in [2.24, 2.45) is 0 Å². The fraction of sp³-hybridized carbons (Fsp3) is 0.667. The first-order valence-electron chi connectivity index (χ1n) is 5.15. The van der Waals surface area contributed by atoms with Crippen LogP contribution in [0.4, 0.5) is 8.78 Å². The van der Waals surface area contributed by atoms with E-state index in [9.17, 15) is 13.9 Å². The number of nitrogens with zero attached hydrogens (tertiary/aromatic N) is 6. The number of halogens is 2. The fourth-order valence-electron chi connectivity index (χ4n) is 1.29. The van der Waals surface area contributed by atoms with Gasteiger partial charge in [0.15, 0.2) is 0 Å². The van der Waals surface area contributed by atoms with E-state index in [0.29, 0.717) is 0 Å². The van der Waals surface area contributed by atoms with E-state index >= 15 is 0 Å². The van der Waals surface area contributed by atoms with Crippen molar-refractivity contribution in [3.63, 3.8) is 0 Å². The number of hydrogen-bond donors (Lipinski definition) is 0. The van der Waals surface area contributed by atoms with Crippen LogP contribution in [0.2, 0.25) is 0 Å². The van der Waals surface area contributed by atoms with E-state index in [1.165, 1.54) is 0 Å². The molecule has 7 nitrogen and oxygen atoms in total. The quantitative estimate of drug-likeness (QED) is 0.680. The molecule has 0 aliphatic rings. The minimum absolute atomic E-state index is 0.120. The summed E-state index contributed by atoms with van der Waals surface area (Å²) in [6.07, 6.45) is -2.79. The van der Waals surface area contributed by atoms with Crippen LogP contribution in [0.15, 0.2) is 0 Å². The minimum atomic E-state index is -1.40. The number of rotatable bonds is 3. The predicted molar refractivity (Wildman–Crippen MR) is 67.6 cm³/mol. The molecule has 0 fully saturated rings. The van der Waals surface area contributed by atoms with Gasteiger partial charge in [0.1, 0.15) is 0 Å². The molecule has 19 heavy (non-hydrogen) atoms. The summed E-state index contributed by atoms with van der Waals surface area (Å²) >= 11 is 0.120. The molecule has 0 radical (unpaired) electrons. The molecule has 0 saturated heterocycles. The second kappa shape index (κ2) is 8.15. The van der Waals surface area contributed by atoms with Crippen molar-refractivity contribution >= 4 is 11.5 Å². The van der Waals surface area contributed by atoms with Crippen molar-refractivity contribution < 1.29 is 13.9 Å². The predicted octanol–water partition coefficient (Wildman–Crippen LogP) is -0.742. The molecule has 0 unspecified atom stereocenters. The van der Waals surface area contributed by atoms with Crippen LogP contribution >= 0.6 is 0 Å². The van der Waals surface area contributed by atoms with Gasteiger partial charge < -0.3 is 5.11 Å². The smallest absolute Gasteiger partial charge is 0.313 e. The van der Waals surface area contributed by atoms with E-state index in [2.05, 4.69) is 70.2 Å². The molecule has 0 spiro atoms. The molecule has 1 aromatic heterocycles. The van der Waals surface area contributed by atoms with Crippen molar-refractivity contribution in [1.29, 1.82) is 0 Å². The highest BCUT2D eigenvalue weighted by Crippen LogP contribution is 2.05. The second-order valence-electron chi connectivity index (χ2n) is 3.84. The van der Waals surface area contributed by atoms with E-state index in [1.54, 1.807) is 0 Å². The summed E-state index contributed by atoms with van der Waals surface area (Å²) in [6, 6.07) is -1.21. The minimum Gasteiger partial charge on any atom is -0.844 e. The van der Waals surface area contributed by atoms with Gasteiger partial charge in [-0.1, -0.05) is 12.9 Å². The molecule has 10 heteroatoms. The lowest BCUT2D eigenvalue weighted by atomic mass is 11.0. The topological polar surface area (TPSA) is 71.5 Å². The van der Waals surface area contributed by atoms with E-state index in [4.69, 9.17) is 0 Å². The van der Waals surface area contributed by atoms with Gasteiger partial charge >= 0.3 is 12.2 Å². The summed E-state index contributed by atoms with van der Waals surface area (Å²) in [6.45, 7) is 0. The molecule has 0 saturated carbocycles. The number of hydrogen-bond acceptors (Lipinski definition) is 7. The molecule has 0 atom stereocenters. The fourth-order valence-corrected chi connectivity index (χ4v) is 3.25. The van der Waals surface area contributed by atoms with Crippen LogP contribution in [0.25, 0.3) is 0 Å². The van der Waals surface area contributed by atoms with Crippen LogP contribution in [-0.2, 0) is 11.5 Å². The summed E-state index contributed by atoms with van der Waals surface area (Å²) in [5, 5.41) is 9.97. The van der Waals surface area contributed by atoms with Crippen molar-refractivity contribution in [3.05, 3.63) is 12.2 Å². The second-order valence-corrected chi connectivity index (χ2v) is 6.52. The van der Waals surface area contributed by atoms with Gasteiger partial charge in [0, 0.05) is 42.3 Å². The zero-order valence-electron chi connectivity index (χ0n) is 11.8. The molecular formula is C9H18F2N6OS. The third-order valence-electron chi connectivity index (χ3n) is 1.54. The molecule has 1 aromatic rings. The Kier molecular flexibility index (Phi) is 7.68. The lowest BCUT2D eigenvalue weighted by molar-refractivity contribution is -0.283. The van der Waals surface area contributed by atoms with Crippen LogP contribution in [0.5, 0.6) is 6.01 Å². The summed E-state index contributed by atoms with van der Waals surface area (Å²) < 4.78 is 30.0. The van der Waals surface area contributed by atoms with Crippen LogP contribution in [0, 0.1) is 12.2 Å². The Morgan fingerprint density at radius 3 is 1.26 bits per heavy atom. The van der Waals surface area contributed by atoms with Gasteiger partial charge in [-0.25, -0.2) is 0 Å². The van der Waals surface area contributed by atoms with E-state index < -0.39 is 18.2 Å². The Morgan fingerprint density at radius 1 is 0.789 bits per heavy atom. The van der Waals surface area contributed by atoms with E-state index in [0.717, 1.165) is 0 Å². The molecule has 0 aliphatic carbocycles. The summed E-state index contributed by atoms with van der Waals surface area (Å²) in [5.74, 6) is 0. The standard InChI is InChI=1S/C6H18N3S.C3HF2N3O/c1-7(2)10(8(3)4)9(5)6;4-1-6-2(5)8-3(9)7-1/h1-6H3;(H,6,7,8,9)/q+1;/p-1. The SMILES string of the molecule is CN(C)[S+](N(C)C)N(C)C.[O-]c1nc(F)nc(F)n1. The maximum Gasteiger partial charge on any atom is 0.313 e. The average Bonchev–Trinajstić information content (AvgIpc) is 2.12. The van der Waals surface area contributed by atoms with Crippen LogP contribution in [0.3, 0.4) is 0 Å². The molecular weight excluding hydrogens is 278 g/mol. The molecule has 0 aromatic carbocycles. The molecule has 0 bridgehead atoms. The maximum absolute atomic E-state index is 11.7. The van der Waals surface area contributed by atoms with Gasteiger partial charge in [-0.05, 0) is 0 Å². The third-order valence-corrected chi connectivity index (χ3v) is 3.50. The monoisotopic (exact) mass is 296 g/mol. The van der Waals surface area contributed by atoms with Gasteiger partial charge in [-0.2, -0.15) is 23.7 Å². The van der Waals surface area contributed by atoms with Gasteiger partial charge in [0.25, 0.3) is 11.5 Å². The maximum atomic E-state index is 11.7. The molecule has 110 valence electrons. The molecule has 0 amide bonds. The highest BCUT2D eigenvalue weighted by atomic mass is 32.2. The summed E-state index contributed by atoms with van der Waals surface area (Å²) in [4.78, 5) is 7.58. The van der Waals surface area contributed by atoms with Gasteiger partial charge in [-0.3, -0.25) is 0 Å². The van der Waals surface area contributed by atoms with Gasteiger partial charge in [0.05, 0.1) is 6.01 Å². The van der Waals surface area contributed by atoms with Crippen LogP contribution < -0.4 is 5.11 Å². The highest BCUT2D eigenvalue weighted by Gasteiger charge is 2.29. The highest BCUT2D eigenvalue weighted by molar-refractivity contribution is 7.90. The van der Waals surface area contributed by atoms with Gasteiger partial charge in [0.2, 0.25) is 0 Å². The molecule has 0 N–H and O–H groups in total. The first kappa shape index (κ1) is 17.9. The summed E-state index contributed by atoms with van der Waals surface area (Å²) in [7, 11) is 12.5. The zero-order valence-corrected chi connectivity index (χ0v) is 12.6. The van der Waals surface area contributed by atoms with E-state index in [1.807, 2.05) is 0 Å². The summed E-state index contributed by atoms with van der Waals surface area (Å²) in [5.41, 5.74) is 0. The van der Waals surface area contributed by atoms with Crippen molar-refractivity contribution in [3.8, 4) is 6.01 Å². The Labute approximate surface area is 114 Å². The van der Waals surface area contributed by atoms with E-state index in [-0.39, 0.29) is 11.5 Å². The van der Waals surface area contributed by atoms with Crippen molar-refractivity contribution in [1.82, 2.24) is 27.9 Å². The lowest BCUT2D eigenvalue weighted by Crippen LogP contribution is -2.44. The Hall–Kier alpha value is -1.10. The van der Waals surface area contributed by atoms with Crippen molar-refractivity contribution in [2.45, 2.75) is 0 Å². The van der Waals surface area contributed by atoms with Crippen LogP contribution in [-0.4, -0.2) is 70.2 Å². The first-order valence-corrected chi connectivity index (χ1v) is 6.25. The molecule has 1 heterocycles. The Morgan fingerprint density at radius 2 is 1.11 bits per heavy atom. The van der Waals surface area contributed by atoms with Gasteiger partial charge in [-0.15, -0.1) is 0 Å².